The molecule has 4 aliphatic rings. The number of aromatic nitrogens is 1. The Morgan fingerprint density at radius 2 is 2.13 bits per heavy atom. The Balaban J connectivity index is 1.22. The molecule has 3 atom stereocenters. The summed E-state index contributed by atoms with van der Waals surface area (Å²) in [6, 6.07) is 4.62. The molecule has 160 valence electrons. The lowest BCUT2D eigenvalue weighted by molar-refractivity contribution is -0.114. The number of piperazine rings is 1. The lowest BCUT2D eigenvalue weighted by atomic mass is 9.98. The van der Waals surface area contributed by atoms with E-state index >= 15 is 0 Å². The maximum atomic E-state index is 12.1. The van der Waals surface area contributed by atoms with Crippen LogP contribution >= 0.6 is 0 Å². The van der Waals surface area contributed by atoms with E-state index < -0.39 is 0 Å². The number of carbonyl (C=O) groups excluding carboxylic acids is 2. The minimum atomic E-state index is -0.170. The summed E-state index contributed by atoms with van der Waals surface area (Å²) >= 11 is 0. The predicted molar refractivity (Wildman–Crippen MR) is 120 cm³/mol. The van der Waals surface area contributed by atoms with E-state index in [1.54, 1.807) is 19.3 Å². The third kappa shape index (κ3) is 3.72. The molecule has 1 aromatic heterocycles. The topological polar surface area (TPSA) is 90.3 Å². The van der Waals surface area contributed by atoms with E-state index in [4.69, 9.17) is 0 Å². The molecule has 0 radical (unpaired) electrons. The lowest BCUT2D eigenvalue weighted by Gasteiger charge is -2.36. The summed E-state index contributed by atoms with van der Waals surface area (Å²) in [4.78, 5) is 41.9. The Morgan fingerprint density at radius 1 is 1.26 bits per heavy atom. The first kappa shape index (κ1) is 19.8. The molecular weight excluding hydrogens is 392 g/mol. The Morgan fingerprint density at radius 3 is 2.87 bits per heavy atom. The van der Waals surface area contributed by atoms with E-state index in [1.165, 1.54) is 0 Å². The number of hydrogen-bond donors (Lipinski definition) is 1. The quantitative estimate of drug-likeness (QED) is 0.781. The fourth-order valence-corrected chi connectivity index (χ4v) is 4.63. The first-order valence-corrected chi connectivity index (χ1v) is 10.8. The van der Waals surface area contributed by atoms with Crippen LogP contribution < -0.4 is 10.2 Å². The molecule has 4 heterocycles. The fourth-order valence-electron chi connectivity index (χ4n) is 4.63. The van der Waals surface area contributed by atoms with Crippen molar-refractivity contribution in [1.29, 1.82) is 0 Å². The zero-order valence-electron chi connectivity index (χ0n) is 17.8. The third-order valence-corrected chi connectivity index (χ3v) is 6.43. The molecule has 0 aromatic carbocycles. The smallest absolute Gasteiger partial charge is 0.272 e. The summed E-state index contributed by atoms with van der Waals surface area (Å²) in [7, 11) is 1.61. The van der Waals surface area contributed by atoms with Crippen LogP contribution in [0.2, 0.25) is 0 Å². The Labute approximate surface area is 181 Å². The number of anilines is 1. The highest BCUT2D eigenvalue weighted by Crippen LogP contribution is 2.39. The van der Waals surface area contributed by atoms with Gasteiger partial charge in [-0.1, -0.05) is 6.92 Å². The van der Waals surface area contributed by atoms with Gasteiger partial charge in [-0.05, 0) is 42.7 Å². The van der Waals surface area contributed by atoms with Crippen molar-refractivity contribution >= 4 is 29.4 Å². The monoisotopic (exact) mass is 418 g/mol. The van der Waals surface area contributed by atoms with E-state index in [9.17, 15) is 9.59 Å². The molecule has 5 rings (SSSR count). The summed E-state index contributed by atoms with van der Waals surface area (Å²) in [5, 5.41) is 2.60. The average Bonchev–Trinajstić information content (AvgIpc) is 3.60. The predicted octanol–water partition coefficient (Wildman–Crippen LogP) is 1.40. The number of dihydropyridines is 2. The van der Waals surface area contributed by atoms with Crippen molar-refractivity contribution in [2.45, 2.75) is 37.9 Å². The second-order valence-corrected chi connectivity index (χ2v) is 8.34. The second-order valence-electron chi connectivity index (χ2n) is 8.34. The van der Waals surface area contributed by atoms with Gasteiger partial charge in [0, 0.05) is 50.6 Å². The molecule has 1 aliphatic carbocycles. The summed E-state index contributed by atoms with van der Waals surface area (Å²) in [5.74, 6) is -0.302. The number of aliphatic imine (C=N–C) groups is 2. The van der Waals surface area contributed by atoms with Gasteiger partial charge < -0.3 is 10.2 Å². The van der Waals surface area contributed by atoms with Gasteiger partial charge in [0.1, 0.15) is 11.7 Å². The lowest BCUT2D eigenvalue weighted by Crippen LogP contribution is -2.47. The number of pyridine rings is 1. The third-order valence-electron chi connectivity index (χ3n) is 6.43. The van der Waals surface area contributed by atoms with Crippen molar-refractivity contribution in [2.24, 2.45) is 9.98 Å². The molecule has 1 N–H and O–H groups in total. The van der Waals surface area contributed by atoms with Crippen molar-refractivity contribution in [3.63, 3.8) is 0 Å². The molecule has 3 aliphatic heterocycles. The minimum absolute atomic E-state index is 0.118. The van der Waals surface area contributed by atoms with E-state index in [2.05, 4.69) is 30.1 Å². The van der Waals surface area contributed by atoms with Gasteiger partial charge in [-0.25, -0.2) is 9.98 Å². The van der Waals surface area contributed by atoms with Crippen molar-refractivity contribution in [3.05, 3.63) is 47.3 Å². The standard InChI is InChI=1S/C23H26N6O2/c1-3-15-9-18-19(27-22(15)30)8-14(11-25-18)13-28-6-7-29(21-10-20(21)28)16-4-5-17(26-12-16)23(31)24-2/h4-5,8-9,11-12,18,20-21H,3,6-7,10,13H2,1-2H3,(H,24,31)/t18?,20-,21+/m0/s1. The second kappa shape index (κ2) is 7.85. The average molecular weight is 419 g/mol. The Kier molecular flexibility index (Phi) is 5.02. The van der Waals surface area contributed by atoms with Crippen LogP contribution in [-0.4, -0.2) is 78.4 Å². The number of fused-ring (bicyclic) bond motifs is 2. The summed E-state index contributed by atoms with van der Waals surface area (Å²) in [6.07, 6.45) is 9.51. The van der Waals surface area contributed by atoms with Crippen LogP contribution in [-0.2, 0) is 4.79 Å². The van der Waals surface area contributed by atoms with Crippen molar-refractivity contribution < 1.29 is 9.59 Å². The molecule has 8 nitrogen and oxygen atoms in total. The largest absolute Gasteiger partial charge is 0.364 e. The SMILES string of the molecule is CCC1=CC2N=CC(CN3CCN(c4ccc(C(=O)NC)nc4)[C@@H]4C[C@@H]43)=CC2=NC1=O. The Bertz CT molecular complexity index is 1040. The van der Waals surface area contributed by atoms with E-state index in [1.807, 2.05) is 31.4 Å². The molecule has 8 heteroatoms. The highest BCUT2D eigenvalue weighted by atomic mass is 16.2. The van der Waals surface area contributed by atoms with Crippen LogP contribution in [0.5, 0.6) is 0 Å². The highest BCUT2D eigenvalue weighted by molar-refractivity contribution is 6.16. The number of amides is 2. The van der Waals surface area contributed by atoms with Crippen molar-refractivity contribution in [2.75, 3.05) is 31.6 Å². The van der Waals surface area contributed by atoms with Crippen molar-refractivity contribution in [1.82, 2.24) is 15.2 Å². The molecule has 0 spiro atoms. The van der Waals surface area contributed by atoms with E-state index in [0.29, 0.717) is 24.2 Å². The molecule has 1 saturated heterocycles. The van der Waals surface area contributed by atoms with E-state index in [-0.39, 0.29) is 17.9 Å². The highest BCUT2D eigenvalue weighted by Gasteiger charge is 2.49. The van der Waals surface area contributed by atoms with Gasteiger partial charge >= 0.3 is 0 Å². The first-order chi connectivity index (χ1) is 15.1. The normalized spacial score (nSPS) is 27.0. The zero-order valence-corrected chi connectivity index (χ0v) is 17.8. The van der Waals surface area contributed by atoms with Gasteiger partial charge in [0.05, 0.1) is 17.6 Å². The van der Waals surface area contributed by atoms with Crippen LogP contribution in [0.3, 0.4) is 0 Å². The number of nitrogens with one attached hydrogen (secondary N) is 1. The summed E-state index contributed by atoms with van der Waals surface area (Å²) in [6.45, 7) is 4.64. The zero-order chi connectivity index (χ0) is 21.5. The van der Waals surface area contributed by atoms with Gasteiger partial charge in [0.2, 0.25) is 0 Å². The van der Waals surface area contributed by atoms with Crippen molar-refractivity contribution in [3.8, 4) is 0 Å². The number of rotatable bonds is 5. The first-order valence-electron chi connectivity index (χ1n) is 10.8. The molecule has 31 heavy (non-hydrogen) atoms. The van der Waals surface area contributed by atoms with Crippen LogP contribution in [0, 0.1) is 0 Å². The summed E-state index contributed by atoms with van der Waals surface area (Å²) < 4.78 is 0. The number of hydrogen-bond acceptors (Lipinski definition) is 6. The Hall–Kier alpha value is -3.13. The van der Waals surface area contributed by atoms with Gasteiger partial charge in [-0.2, -0.15) is 0 Å². The maximum Gasteiger partial charge on any atom is 0.272 e. The van der Waals surface area contributed by atoms with Gasteiger partial charge in [-0.3, -0.25) is 19.5 Å². The van der Waals surface area contributed by atoms with Crippen LogP contribution in [0.15, 0.2) is 51.6 Å². The molecule has 1 aromatic rings. The van der Waals surface area contributed by atoms with E-state index in [0.717, 1.165) is 48.6 Å². The van der Waals surface area contributed by atoms with Crippen LogP contribution in [0.4, 0.5) is 5.69 Å². The van der Waals surface area contributed by atoms with Gasteiger partial charge in [0.25, 0.3) is 11.8 Å². The van der Waals surface area contributed by atoms with Gasteiger partial charge in [0.15, 0.2) is 0 Å². The molecular formula is C23H26N6O2. The fraction of sp³-hybridized carbons (Fsp3) is 0.435. The molecule has 2 amide bonds. The number of carbonyl (C=O) groups is 2. The van der Waals surface area contributed by atoms with Crippen LogP contribution in [0.1, 0.15) is 30.3 Å². The minimum Gasteiger partial charge on any atom is -0.364 e. The van der Waals surface area contributed by atoms with Crippen LogP contribution in [0.25, 0.3) is 0 Å². The summed E-state index contributed by atoms with van der Waals surface area (Å²) in [5.41, 5.74) is 4.11. The maximum absolute atomic E-state index is 12.1. The molecule has 1 saturated carbocycles. The number of nitrogens with zero attached hydrogens (tertiary/aromatic N) is 5. The molecule has 2 fully saturated rings. The van der Waals surface area contributed by atoms with Gasteiger partial charge in [-0.15, -0.1) is 0 Å². The molecule has 0 bridgehead atoms. The molecule has 1 unspecified atom stereocenters.